The highest BCUT2D eigenvalue weighted by Crippen LogP contribution is 2.26. The Hall–Kier alpha value is -2.28. The van der Waals surface area contributed by atoms with Gasteiger partial charge in [0.15, 0.2) is 11.5 Å². The van der Waals surface area contributed by atoms with E-state index in [2.05, 4.69) is 5.32 Å². The van der Waals surface area contributed by atoms with Gasteiger partial charge in [0.05, 0.1) is 20.2 Å². The minimum Gasteiger partial charge on any atom is -0.504 e. The Bertz CT molecular complexity index is 491. The molecule has 0 aliphatic heterocycles. The lowest BCUT2D eigenvalue weighted by molar-refractivity contribution is -0.131. The number of rotatable bonds is 6. The fourth-order valence-electron chi connectivity index (χ4n) is 1.56. The number of nitrogens with one attached hydrogen (secondary N) is 1. The van der Waals surface area contributed by atoms with Crippen molar-refractivity contribution in [2.45, 2.75) is 6.54 Å². The quantitative estimate of drug-likeness (QED) is 0.648. The van der Waals surface area contributed by atoms with Crippen LogP contribution in [0.3, 0.4) is 0 Å². The van der Waals surface area contributed by atoms with Gasteiger partial charge in [-0.3, -0.25) is 9.59 Å². The van der Waals surface area contributed by atoms with Gasteiger partial charge in [0.1, 0.15) is 0 Å². The van der Waals surface area contributed by atoms with E-state index in [-0.39, 0.29) is 30.7 Å². The average molecular weight is 281 g/mol. The second-order valence-corrected chi connectivity index (χ2v) is 4.24. The van der Waals surface area contributed by atoms with Gasteiger partial charge in [0.25, 0.3) is 0 Å². The monoisotopic (exact) mass is 281 g/mol. The van der Waals surface area contributed by atoms with Gasteiger partial charge in [-0.25, -0.2) is 0 Å². The summed E-state index contributed by atoms with van der Waals surface area (Å²) in [5.41, 5.74) is 5.94. The molecular formula is C13H19N3O4. The first-order valence-corrected chi connectivity index (χ1v) is 6.04. The third kappa shape index (κ3) is 4.43. The van der Waals surface area contributed by atoms with Crippen LogP contribution in [0.4, 0.5) is 0 Å². The molecule has 0 radical (unpaired) electrons. The lowest BCUT2D eigenvalue weighted by Crippen LogP contribution is -2.40. The standard InChI is InChI=1S/C13H19N3O4/c1-16(13(19)7-15-12(18)6-14)8-9-3-4-10(17)11(5-9)20-2/h3-5,17H,6-8,14H2,1-2H3,(H,15,18). The van der Waals surface area contributed by atoms with Crippen LogP contribution in [0.25, 0.3) is 0 Å². The molecule has 0 bridgehead atoms. The lowest BCUT2D eigenvalue weighted by Gasteiger charge is -2.18. The maximum absolute atomic E-state index is 11.8. The zero-order chi connectivity index (χ0) is 15.1. The number of carbonyl (C=O) groups excluding carboxylic acids is 2. The van der Waals surface area contributed by atoms with Crippen molar-refractivity contribution in [2.24, 2.45) is 5.73 Å². The van der Waals surface area contributed by atoms with Gasteiger partial charge in [-0.2, -0.15) is 0 Å². The molecular weight excluding hydrogens is 262 g/mol. The smallest absolute Gasteiger partial charge is 0.242 e. The molecule has 0 atom stereocenters. The van der Waals surface area contributed by atoms with Crippen LogP contribution < -0.4 is 15.8 Å². The number of nitrogens with zero attached hydrogens (tertiary/aromatic N) is 1. The van der Waals surface area contributed by atoms with Crippen molar-refractivity contribution < 1.29 is 19.4 Å². The van der Waals surface area contributed by atoms with Gasteiger partial charge < -0.3 is 25.8 Å². The highest BCUT2D eigenvalue weighted by atomic mass is 16.5. The number of ether oxygens (including phenoxy) is 1. The Morgan fingerprint density at radius 2 is 2.15 bits per heavy atom. The number of phenols is 1. The van der Waals surface area contributed by atoms with E-state index in [4.69, 9.17) is 10.5 Å². The molecule has 0 unspecified atom stereocenters. The molecule has 7 heteroatoms. The summed E-state index contributed by atoms with van der Waals surface area (Å²) in [6.45, 7) is 0.0991. The van der Waals surface area contributed by atoms with Gasteiger partial charge in [-0.1, -0.05) is 6.07 Å². The molecule has 0 spiro atoms. The maximum Gasteiger partial charge on any atom is 0.242 e. The predicted molar refractivity (Wildman–Crippen MR) is 73.2 cm³/mol. The number of nitrogens with two attached hydrogens (primary N) is 1. The summed E-state index contributed by atoms with van der Waals surface area (Å²) in [5.74, 6) is -0.225. The SMILES string of the molecule is COc1cc(CN(C)C(=O)CNC(=O)CN)ccc1O. The summed E-state index contributed by atoms with van der Waals surface area (Å²) in [7, 11) is 3.08. The third-order valence-corrected chi connectivity index (χ3v) is 2.71. The van der Waals surface area contributed by atoms with Gasteiger partial charge >= 0.3 is 0 Å². The molecule has 1 rings (SSSR count). The number of aromatic hydroxyl groups is 1. The van der Waals surface area contributed by atoms with Crippen molar-refractivity contribution in [3.8, 4) is 11.5 Å². The number of phenolic OH excluding ortho intramolecular Hbond substituents is 1. The summed E-state index contributed by atoms with van der Waals surface area (Å²) in [6, 6.07) is 4.85. The molecule has 0 heterocycles. The summed E-state index contributed by atoms with van der Waals surface area (Å²) in [5, 5.41) is 11.9. The first-order chi connectivity index (χ1) is 9.47. The molecule has 0 aromatic heterocycles. The molecule has 0 saturated carbocycles. The van der Waals surface area contributed by atoms with Crippen molar-refractivity contribution in [2.75, 3.05) is 27.2 Å². The number of methoxy groups -OCH3 is 1. The minimum atomic E-state index is -0.377. The molecule has 4 N–H and O–H groups in total. The van der Waals surface area contributed by atoms with Crippen LogP contribution in [0.2, 0.25) is 0 Å². The average Bonchev–Trinajstić information content (AvgIpc) is 2.46. The summed E-state index contributed by atoms with van der Waals surface area (Å²) < 4.78 is 5.00. The number of hydrogen-bond donors (Lipinski definition) is 3. The fraction of sp³-hybridized carbons (Fsp3) is 0.385. The second kappa shape index (κ2) is 7.34. The van der Waals surface area contributed by atoms with E-state index < -0.39 is 0 Å². The Labute approximate surface area is 117 Å². The maximum atomic E-state index is 11.8. The van der Waals surface area contributed by atoms with Gasteiger partial charge in [-0.05, 0) is 17.7 Å². The molecule has 1 aromatic rings. The fourth-order valence-corrected chi connectivity index (χ4v) is 1.56. The predicted octanol–water partition coefficient (Wildman–Crippen LogP) is -0.566. The number of hydrogen-bond acceptors (Lipinski definition) is 5. The zero-order valence-electron chi connectivity index (χ0n) is 11.5. The molecule has 20 heavy (non-hydrogen) atoms. The molecule has 1 aromatic carbocycles. The van der Waals surface area contributed by atoms with Crippen molar-refractivity contribution in [1.29, 1.82) is 0 Å². The number of amides is 2. The first-order valence-electron chi connectivity index (χ1n) is 6.04. The number of carbonyl (C=O) groups is 2. The molecule has 2 amide bonds. The van der Waals surface area contributed by atoms with Gasteiger partial charge in [-0.15, -0.1) is 0 Å². The van der Waals surface area contributed by atoms with Crippen LogP contribution in [0.15, 0.2) is 18.2 Å². The molecule has 110 valence electrons. The topological polar surface area (TPSA) is 105 Å². The highest BCUT2D eigenvalue weighted by molar-refractivity contribution is 5.85. The molecule has 0 aliphatic carbocycles. The summed E-state index contributed by atoms with van der Waals surface area (Å²) in [4.78, 5) is 24.2. The Morgan fingerprint density at radius 1 is 1.45 bits per heavy atom. The van der Waals surface area contributed by atoms with Gasteiger partial charge in [0.2, 0.25) is 11.8 Å². The third-order valence-electron chi connectivity index (χ3n) is 2.71. The van der Waals surface area contributed by atoms with Crippen molar-refractivity contribution in [3.05, 3.63) is 23.8 Å². The normalized spacial score (nSPS) is 9.95. The van der Waals surface area contributed by atoms with Crippen molar-refractivity contribution >= 4 is 11.8 Å². The van der Waals surface area contributed by atoms with Crippen LogP contribution in [0.1, 0.15) is 5.56 Å². The second-order valence-electron chi connectivity index (χ2n) is 4.24. The largest absolute Gasteiger partial charge is 0.504 e. The highest BCUT2D eigenvalue weighted by Gasteiger charge is 2.11. The van der Waals surface area contributed by atoms with E-state index in [9.17, 15) is 14.7 Å². The van der Waals surface area contributed by atoms with Gasteiger partial charge in [0, 0.05) is 13.6 Å². The Balaban J connectivity index is 2.59. The van der Waals surface area contributed by atoms with E-state index in [0.717, 1.165) is 5.56 Å². The van der Waals surface area contributed by atoms with E-state index in [1.54, 1.807) is 19.2 Å². The van der Waals surface area contributed by atoms with Crippen LogP contribution in [0.5, 0.6) is 11.5 Å². The Kier molecular flexibility index (Phi) is 5.79. The van der Waals surface area contributed by atoms with Crippen molar-refractivity contribution in [1.82, 2.24) is 10.2 Å². The zero-order valence-corrected chi connectivity index (χ0v) is 11.5. The van der Waals surface area contributed by atoms with Crippen molar-refractivity contribution in [3.63, 3.8) is 0 Å². The lowest BCUT2D eigenvalue weighted by atomic mass is 10.2. The Morgan fingerprint density at radius 3 is 2.75 bits per heavy atom. The number of benzene rings is 1. The summed E-state index contributed by atoms with van der Waals surface area (Å²) in [6.07, 6.45) is 0. The van der Waals surface area contributed by atoms with E-state index in [1.807, 2.05) is 0 Å². The van der Waals surface area contributed by atoms with E-state index in [1.165, 1.54) is 18.1 Å². The summed E-state index contributed by atoms with van der Waals surface area (Å²) >= 11 is 0. The van der Waals surface area contributed by atoms with E-state index >= 15 is 0 Å². The molecule has 0 saturated heterocycles. The van der Waals surface area contributed by atoms with Crippen LogP contribution in [0, 0.1) is 0 Å². The first kappa shape index (κ1) is 15.8. The number of likely N-dealkylation sites (N-methyl/N-ethyl adjacent to an activating group) is 1. The molecule has 0 fully saturated rings. The minimum absolute atomic E-state index is 0.0421. The van der Waals surface area contributed by atoms with Crippen LogP contribution in [-0.2, 0) is 16.1 Å². The van der Waals surface area contributed by atoms with Crippen LogP contribution in [-0.4, -0.2) is 49.1 Å². The molecule has 7 nitrogen and oxygen atoms in total. The van der Waals surface area contributed by atoms with Crippen LogP contribution >= 0.6 is 0 Å². The van der Waals surface area contributed by atoms with E-state index in [0.29, 0.717) is 12.3 Å². The molecule has 0 aliphatic rings.